The van der Waals surface area contributed by atoms with Crippen LogP contribution in [0.4, 0.5) is 0 Å². The molecule has 3 nitrogen and oxygen atoms in total. The van der Waals surface area contributed by atoms with E-state index in [4.69, 9.17) is 4.42 Å². The molecule has 0 aliphatic rings. The van der Waals surface area contributed by atoms with Crippen molar-refractivity contribution in [3.8, 4) is 11.5 Å². The molecule has 0 saturated heterocycles. The second-order valence-corrected chi connectivity index (χ2v) is 5.02. The van der Waals surface area contributed by atoms with E-state index in [1.807, 2.05) is 24.4 Å². The van der Waals surface area contributed by atoms with Crippen LogP contribution in [0.1, 0.15) is 24.6 Å². The Morgan fingerprint density at radius 2 is 2.25 bits per heavy atom. The van der Waals surface area contributed by atoms with Crippen molar-refractivity contribution < 1.29 is 4.42 Å². The summed E-state index contributed by atoms with van der Waals surface area (Å²) in [7, 11) is 0. The molecule has 0 spiro atoms. The largest absolute Gasteiger partial charge is 0.460 e. The molecule has 0 aromatic carbocycles. The molecule has 4 heteroatoms. The summed E-state index contributed by atoms with van der Waals surface area (Å²) in [6, 6.07) is 4.41. The highest BCUT2D eigenvalue weighted by Gasteiger charge is 2.07. The molecule has 0 amide bonds. The lowest BCUT2D eigenvalue weighted by molar-refractivity contribution is 0.546. The third kappa shape index (κ3) is 2.71. The van der Waals surface area contributed by atoms with Gasteiger partial charge in [0.15, 0.2) is 5.76 Å². The third-order valence-electron chi connectivity index (χ3n) is 2.21. The average Bonchev–Trinajstić information content (AvgIpc) is 2.83. The van der Waals surface area contributed by atoms with Gasteiger partial charge in [0.1, 0.15) is 16.5 Å². The lowest BCUT2D eigenvalue weighted by Crippen LogP contribution is -2.21. The minimum atomic E-state index is 0.484. The van der Waals surface area contributed by atoms with Crippen molar-refractivity contribution in [1.82, 2.24) is 10.3 Å². The van der Waals surface area contributed by atoms with Crippen LogP contribution in [0.25, 0.3) is 11.5 Å². The van der Waals surface area contributed by atoms with Gasteiger partial charge >= 0.3 is 0 Å². The fraction of sp³-hybridized carbons (Fsp3) is 0.417. The lowest BCUT2D eigenvalue weighted by Gasteiger charge is -2.04. The van der Waals surface area contributed by atoms with Gasteiger partial charge in [0, 0.05) is 18.0 Å². The summed E-state index contributed by atoms with van der Waals surface area (Å²) in [6.07, 6.45) is 0. The smallest absolute Gasteiger partial charge is 0.153 e. The van der Waals surface area contributed by atoms with Crippen molar-refractivity contribution >= 4 is 11.3 Å². The summed E-state index contributed by atoms with van der Waals surface area (Å²) in [5, 5.41) is 6.48. The minimum Gasteiger partial charge on any atom is -0.460 e. The van der Waals surface area contributed by atoms with Crippen molar-refractivity contribution in [2.75, 3.05) is 0 Å². The molecule has 1 N–H and O–H groups in total. The highest BCUT2D eigenvalue weighted by Crippen LogP contribution is 2.23. The number of nitrogens with zero attached hydrogens (tertiary/aromatic N) is 1. The second-order valence-electron chi connectivity index (χ2n) is 4.07. The molecule has 0 fully saturated rings. The van der Waals surface area contributed by atoms with E-state index in [2.05, 4.69) is 24.1 Å². The van der Waals surface area contributed by atoms with E-state index in [0.717, 1.165) is 28.8 Å². The van der Waals surface area contributed by atoms with Crippen LogP contribution < -0.4 is 5.32 Å². The Labute approximate surface area is 99.5 Å². The second kappa shape index (κ2) is 4.80. The molecule has 0 unspecified atom stereocenters. The highest BCUT2D eigenvalue weighted by atomic mass is 32.1. The quantitative estimate of drug-likeness (QED) is 0.885. The molecule has 0 saturated carbocycles. The molecule has 0 aliphatic heterocycles. The first-order chi connectivity index (χ1) is 7.65. The molecule has 2 rings (SSSR count). The van der Waals surface area contributed by atoms with Gasteiger partial charge < -0.3 is 9.73 Å². The fourth-order valence-electron chi connectivity index (χ4n) is 1.37. The van der Waals surface area contributed by atoms with Gasteiger partial charge in [-0.15, -0.1) is 11.3 Å². The summed E-state index contributed by atoms with van der Waals surface area (Å²) in [6.45, 7) is 7.02. The molecule has 0 radical (unpaired) electrons. The molecular weight excluding hydrogens is 220 g/mol. The van der Waals surface area contributed by atoms with Crippen molar-refractivity contribution in [2.24, 2.45) is 0 Å². The van der Waals surface area contributed by atoms with E-state index in [0.29, 0.717) is 6.04 Å². The van der Waals surface area contributed by atoms with Gasteiger partial charge in [-0.1, -0.05) is 13.8 Å². The number of nitrogens with one attached hydrogen (secondary N) is 1. The van der Waals surface area contributed by atoms with Crippen LogP contribution in [0, 0.1) is 6.92 Å². The van der Waals surface area contributed by atoms with Crippen LogP contribution in [0.15, 0.2) is 21.9 Å². The predicted molar refractivity (Wildman–Crippen MR) is 66.5 cm³/mol. The monoisotopic (exact) mass is 236 g/mol. The summed E-state index contributed by atoms with van der Waals surface area (Å²) in [4.78, 5) is 4.53. The van der Waals surface area contributed by atoms with Crippen LogP contribution >= 0.6 is 11.3 Å². The summed E-state index contributed by atoms with van der Waals surface area (Å²) >= 11 is 1.66. The fourth-order valence-corrected chi connectivity index (χ4v) is 2.10. The maximum atomic E-state index is 5.53. The van der Waals surface area contributed by atoms with Crippen LogP contribution in [-0.4, -0.2) is 11.0 Å². The molecule has 0 atom stereocenters. The number of furan rings is 1. The maximum absolute atomic E-state index is 5.53. The van der Waals surface area contributed by atoms with Crippen molar-refractivity contribution in [3.63, 3.8) is 0 Å². The number of rotatable bonds is 4. The van der Waals surface area contributed by atoms with Crippen molar-refractivity contribution in [3.05, 3.63) is 28.3 Å². The van der Waals surface area contributed by atoms with E-state index in [-0.39, 0.29) is 0 Å². The molecule has 2 heterocycles. The SMILES string of the molecule is Cc1ccc(-c2csc(CNC(C)C)n2)o1. The number of hydrogen-bond acceptors (Lipinski definition) is 4. The first-order valence-electron chi connectivity index (χ1n) is 5.40. The normalized spacial score (nSPS) is 11.2. The van der Waals surface area contributed by atoms with E-state index in [1.54, 1.807) is 11.3 Å². The Bertz CT molecular complexity index is 459. The van der Waals surface area contributed by atoms with Gasteiger partial charge in [0.05, 0.1) is 0 Å². The topological polar surface area (TPSA) is 38.1 Å². The number of aromatic nitrogens is 1. The predicted octanol–water partition coefficient (Wildman–Crippen LogP) is 3.21. The van der Waals surface area contributed by atoms with E-state index >= 15 is 0 Å². The number of hydrogen-bond donors (Lipinski definition) is 1. The number of aryl methyl sites for hydroxylation is 1. The molecular formula is C12H16N2OS. The standard InChI is InChI=1S/C12H16N2OS/c1-8(2)13-6-12-14-10(7-16-12)11-5-4-9(3)15-11/h4-5,7-8,13H,6H2,1-3H3. The summed E-state index contributed by atoms with van der Waals surface area (Å²) in [5.41, 5.74) is 0.929. The molecule has 0 aliphatic carbocycles. The molecule has 16 heavy (non-hydrogen) atoms. The van der Waals surface area contributed by atoms with Gasteiger partial charge in [0.25, 0.3) is 0 Å². The van der Waals surface area contributed by atoms with Crippen molar-refractivity contribution in [1.29, 1.82) is 0 Å². The van der Waals surface area contributed by atoms with E-state index in [9.17, 15) is 0 Å². The third-order valence-corrected chi connectivity index (χ3v) is 3.05. The van der Waals surface area contributed by atoms with Crippen LogP contribution in [0.5, 0.6) is 0 Å². The van der Waals surface area contributed by atoms with Crippen LogP contribution in [0.3, 0.4) is 0 Å². The summed E-state index contributed by atoms with van der Waals surface area (Å²) < 4.78 is 5.53. The Morgan fingerprint density at radius 1 is 1.44 bits per heavy atom. The van der Waals surface area contributed by atoms with E-state index in [1.165, 1.54) is 0 Å². The zero-order valence-corrected chi connectivity index (χ0v) is 10.6. The zero-order valence-electron chi connectivity index (χ0n) is 9.78. The maximum Gasteiger partial charge on any atom is 0.153 e. The minimum absolute atomic E-state index is 0.484. The van der Waals surface area contributed by atoms with Gasteiger partial charge in [-0.05, 0) is 19.1 Å². The molecule has 2 aromatic heterocycles. The Morgan fingerprint density at radius 3 is 2.88 bits per heavy atom. The van der Waals surface area contributed by atoms with E-state index < -0.39 is 0 Å². The van der Waals surface area contributed by atoms with Crippen LogP contribution in [-0.2, 0) is 6.54 Å². The average molecular weight is 236 g/mol. The van der Waals surface area contributed by atoms with Gasteiger partial charge in [-0.2, -0.15) is 0 Å². The first kappa shape index (κ1) is 11.4. The van der Waals surface area contributed by atoms with Crippen LogP contribution in [0.2, 0.25) is 0 Å². The first-order valence-corrected chi connectivity index (χ1v) is 6.27. The Hall–Kier alpha value is -1.13. The van der Waals surface area contributed by atoms with Gasteiger partial charge in [0.2, 0.25) is 0 Å². The Kier molecular flexibility index (Phi) is 3.41. The highest BCUT2D eigenvalue weighted by molar-refractivity contribution is 7.09. The zero-order chi connectivity index (χ0) is 11.5. The molecule has 2 aromatic rings. The molecule has 0 bridgehead atoms. The summed E-state index contributed by atoms with van der Waals surface area (Å²) in [5.74, 6) is 1.77. The van der Waals surface area contributed by atoms with Crippen molar-refractivity contribution in [2.45, 2.75) is 33.4 Å². The number of thiazole rings is 1. The lowest BCUT2D eigenvalue weighted by atomic mass is 10.3. The Balaban J connectivity index is 2.07. The van der Waals surface area contributed by atoms with Gasteiger partial charge in [-0.25, -0.2) is 4.98 Å². The molecule has 86 valence electrons. The van der Waals surface area contributed by atoms with Gasteiger partial charge in [-0.3, -0.25) is 0 Å².